The van der Waals surface area contributed by atoms with Gasteiger partial charge in [-0.25, -0.2) is 9.18 Å². The van der Waals surface area contributed by atoms with E-state index in [1.807, 2.05) is 4.90 Å². The van der Waals surface area contributed by atoms with Crippen LogP contribution in [0.15, 0.2) is 42.5 Å². The summed E-state index contributed by atoms with van der Waals surface area (Å²) >= 11 is 0. The smallest absolute Gasteiger partial charge is 0.384 e. The van der Waals surface area contributed by atoms with Crippen molar-refractivity contribution in [1.29, 1.82) is 5.26 Å². The number of piperidine rings is 1. The lowest BCUT2D eigenvalue weighted by Gasteiger charge is -2.44. The molecule has 2 saturated heterocycles. The highest BCUT2D eigenvalue weighted by atomic mass is 19.4. The van der Waals surface area contributed by atoms with Crippen molar-refractivity contribution in [1.82, 2.24) is 4.90 Å². The Balaban J connectivity index is 1.54. The van der Waals surface area contributed by atoms with Crippen LogP contribution in [-0.2, 0) is 10.9 Å². The minimum Gasteiger partial charge on any atom is -0.384 e. The van der Waals surface area contributed by atoms with Crippen LogP contribution in [0.2, 0.25) is 0 Å². The summed E-state index contributed by atoms with van der Waals surface area (Å²) in [5.74, 6) is -0.593. The minimum absolute atomic E-state index is 0.0578. The summed E-state index contributed by atoms with van der Waals surface area (Å²) in [5.41, 5.74) is -1.26. The number of ether oxygens (including phenoxy) is 1. The van der Waals surface area contributed by atoms with E-state index in [0.717, 1.165) is 6.07 Å². The second kappa shape index (κ2) is 9.14. The Morgan fingerprint density at radius 1 is 1.26 bits per heavy atom. The average Bonchev–Trinajstić information content (AvgIpc) is 3.18. The standard InChI is InChI=1S/C24H24F4N4O2/c1-34-15-23-8-9-31(18-7-6-16(11-29)19(10-18)24(26,27)28)12-17(23)13-32(14-23)22(33)30-21-5-3-2-4-20(21)25/h2-7,10,17H,8-9,12-15H2,1H3,(H,30,33). The van der Waals surface area contributed by atoms with Crippen LogP contribution in [0.3, 0.4) is 0 Å². The largest absolute Gasteiger partial charge is 0.417 e. The van der Waals surface area contributed by atoms with Gasteiger partial charge in [-0.15, -0.1) is 0 Å². The third-order valence-corrected chi connectivity index (χ3v) is 6.76. The molecule has 2 aliphatic rings. The van der Waals surface area contributed by atoms with Gasteiger partial charge in [-0.1, -0.05) is 12.1 Å². The fraction of sp³-hybridized carbons (Fsp3) is 0.417. The fourth-order valence-corrected chi connectivity index (χ4v) is 5.01. The predicted octanol–water partition coefficient (Wildman–Crippen LogP) is 4.72. The van der Waals surface area contributed by atoms with Gasteiger partial charge in [0.2, 0.25) is 0 Å². The van der Waals surface area contributed by atoms with E-state index < -0.39 is 29.2 Å². The van der Waals surface area contributed by atoms with Gasteiger partial charge in [0.25, 0.3) is 0 Å². The lowest BCUT2D eigenvalue weighted by molar-refractivity contribution is -0.137. The van der Waals surface area contributed by atoms with Gasteiger partial charge in [-0.05, 0) is 36.8 Å². The Morgan fingerprint density at radius 2 is 2.03 bits per heavy atom. The maximum absolute atomic E-state index is 14.0. The zero-order valence-corrected chi connectivity index (χ0v) is 18.5. The highest BCUT2D eigenvalue weighted by Crippen LogP contribution is 2.45. The molecule has 2 fully saturated rings. The van der Waals surface area contributed by atoms with Crippen molar-refractivity contribution in [2.75, 3.05) is 50.1 Å². The lowest BCUT2D eigenvalue weighted by Crippen LogP contribution is -2.49. The number of hydrogen-bond acceptors (Lipinski definition) is 4. The molecule has 1 N–H and O–H groups in total. The van der Waals surface area contributed by atoms with Gasteiger partial charge in [0.1, 0.15) is 5.82 Å². The van der Waals surface area contributed by atoms with Crippen LogP contribution in [-0.4, -0.2) is 50.8 Å². The molecule has 0 bridgehead atoms. The van der Waals surface area contributed by atoms with Crippen molar-refractivity contribution < 1.29 is 27.1 Å². The topological polar surface area (TPSA) is 68.6 Å². The lowest BCUT2D eigenvalue weighted by atomic mass is 9.73. The van der Waals surface area contributed by atoms with Gasteiger partial charge >= 0.3 is 12.2 Å². The number of fused-ring (bicyclic) bond motifs is 1. The second-order valence-electron chi connectivity index (χ2n) is 8.82. The molecule has 4 rings (SSSR count). The van der Waals surface area contributed by atoms with Gasteiger partial charge in [-0.3, -0.25) is 0 Å². The molecule has 2 heterocycles. The van der Waals surface area contributed by atoms with E-state index in [2.05, 4.69) is 5.32 Å². The first-order chi connectivity index (χ1) is 16.2. The van der Waals surface area contributed by atoms with Crippen molar-refractivity contribution in [3.05, 3.63) is 59.4 Å². The Kier molecular flexibility index (Phi) is 6.41. The summed E-state index contributed by atoms with van der Waals surface area (Å²) in [6.45, 7) is 2.07. The highest BCUT2D eigenvalue weighted by Gasteiger charge is 2.51. The SMILES string of the molecule is COCC12CCN(c3ccc(C#N)c(C(F)(F)F)c3)CC1CN(C(=O)Nc1ccccc1F)C2. The van der Waals surface area contributed by atoms with Crippen LogP contribution in [0.4, 0.5) is 33.7 Å². The van der Waals surface area contributed by atoms with Crippen molar-refractivity contribution in [3.63, 3.8) is 0 Å². The molecule has 6 nitrogen and oxygen atoms in total. The van der Waals surface area contributed by atoms with Crippen molar-refractivity contribution >= 4 is 17.4 Å². The van der Waals surface area contributed by atoms with E-state index >= 15 is 0 Å². The average molecular weight is 476 g/mol. The molecule has 2 atom stereocenters. The van der Waals surface area contributed by atoms with Gasteiger partial charge in [0, 0.05) is 50.3 Å². The summed E-state index contributed by atoms with van der Waals surface area (Å²) in [7, 11) is 1.58. The number of carbonyl (C=O) groups is 1. The minimum atomic E-state index is -4.63. The number of para-hydroxylation sites is 1. The highest BCUT2D eigenvalue weighted by molar-refractivity contribution is 5.89. The summed E-state index contributed by atoms with van der Waals surface area (Å²) in [4.78, 5) is 16.3. The Bertz CT molecular complexity index is 1120. The van der Waals surface area contributed by atoms with Crippen molar-refractivity contribution in [3.8, 4) is 6.07 Å². The number of likely N-dealkylation sites (tertiary alicyclic amines) is 1. The zero-order valence-electron chi connectivity index (χ0n) is 18.5. The third-order valence-electron chi connectivity index (χ3n) is 6.76. The van der Waals surface area contributed by atoms with Crippen molar-refractivity contribution in [2.45, 2.75) is 12.6 Å². The van der Waals surface area contributed by atoms with Gasteiger partial charge in [0.15, 0.2) is 0 Å². The number of anilines is 2. The number of amides is 2. The second-order valence-corrected chi connectivity index (χ2v) is 8.82. The molecule has 0 aliphatic carbocycles. The summed E-state index contributed by atoms with van der Waals surface area (Å²) in [6, 6.07) is 10.8. The number of carbonyl (C=O) groups excluding carboxylic acids is 1. The monoisotopic (exact) mass is 476 g/mol. The molecule has 34 heavy (non-hydrogen) atoms. The van der Waals surface area contributed by atoms with E-state index in [-0.39, 0.29) is 17.0 Å². The number of hydrogen-bond donors (Lipinski definition) is 1. The Hall–Kier alpha value is -3.32. The first-order valence-corrected chi connectivity index (χ1v) is 10.8. The quantitative estimate of drug-likeness (QED) is 0.649. The maximum Gasteiger partial charge on any atom is 0.417 e. The Morgan fingerprint density at radius 3 is 2.71 bits per heavy atom. The van der Waals surface area contributed by atoms with E-state index in [1.54, 1.807) is 24.1 Å². The van der Waals surface area contributed by atoms with E-state index in [1.165, 1.54) is 30.3 Å². The first kappa shape index (κ1) is 23.8. The van der Waals surface area contributed by atoms with Crippen LogP contribution in [0, 0.1) is 28.5 Å². The van der Waals surface area contributed by atoms with Crippen LogP contribution >= 0.6 is 0 Å². The molecule has 2 aromatic carbocycles. The number of halogens is 4. The van der Waals surface area contributed by atoms with E-state index in [9.17, 15) is 22.4 Å². The normalized spacial score (nSPS) is 22.3. The van der Waals surface area contributed by atoms with Gasteiger partial charge < -0.3 is 19.9 Å². The van der Waals surface area contributed by atoms with Crippen LogP contribution < -0.4 is 10.2 Å². The zero-order chi connectivity index (χ0) is 24.5. The number of alkyl halides is 3. The summed E-state index contributed by atoms with van der Waals surface area (Å²) in [5, 5.41) is 11.7. The first-order valence-electron chi connectivity index (χ1n) is 10.8. The molecule has 10 heteroatoms. The maximum atomic E-state index is 14.0. The van der Waals surface area contributed by atoms with Gasteiger partial charge in [0.05, 0.1) is 29.5 Å². The molecule has 0 radical (unpaired) electrons. The van der Waals surface area contributed by atoms with Crippen LogP contribution in [0.1, 0.15) is 17.5 Å². The molecule has 2 aromatic rings. The number of nitriles is 1. The Labute approximate surface area is 194 Å². The predicted molar refractivity (Wildman–Crippen MR) is 118 cm³/mol. The summed E-state index contributed by atoms with van der Waals surface area (Å²) in [6.07, 6.45) is -4.03. The summed E-state index contributed by atoms with van der Waals surface area (Å²) < 4.78 is 59.8. The molecule has 2 amide bonds. The number of urea groups is 1. The van der Waals surface area contributed by atoms with Crippen LogP contribution in [0.5, 0.6) is 0 Å². The van der Waals surface area contributed by atoms with Gasteiger partial charge in [-0.2, -0.15) is 18.4 Å². The fourth-order valence-electron chi connectivity index (χ4n) is 5.01. The van der Waals surface area contributed by atoms with Crippen molar-refractivity contribution in [2.24, 2.45) is 11.3 Å². The molecular weight excluding hydrogens is 452 g/mol. The van der Waals surface area contributed by atoms with E-state index in [4.69, 9.17) is 10.00 Å². The number of benzene rings is 2. The third kappa shape index (κ3) is 4.53. The number of methoxy groups -OCH3 is 1. The molecule has 180 valence electrons. The molecule has 0 spiro atoms. The molecular formula is C24H24F4N4O2. The number of nitrogens with zero attached hydrogens (tertiary/aromatic N) is 3. The molecule has 2 aliphatic heterocycles. The van der Waals surface area contributed by atoms with E-state index in [0.29, 0.717) is 44.9 Å². The molecule has 0 aromatic heterocycles. The molecule has 0 saturated carbocycles. The van der Waals surface area contributed by atoms with Crippen LogP contribution in [0.25, 0.3) is 0 Å². The molecule has 2 unspecified atom stereocenters. The number of rotatable bonds is 4. The number of nitrogens with one attached hydrogen (secondary N) is 1.